The molecule has 2 heterocycles. The molecule has 3 aromatic rings. The van der Waals surface area contributed by atoms with Gasteiger partial charge in [0.25, 0.3) is 0 Å². The average molecular weight is 594 g/mol. The maximum atomic E-state index is 16.4. The summed E-state index contributed by atoms with van der Waals surface area (Å²) in [6.45, 7) is 20.4. The third kappa shape index (κ3) is 7.22. The lowest BCUT2D eigenvalue weighted by atomic mass is 9.87. The number of aromatic nitrogens is 2. The minimum Gasteiger partial charge on any atom is -0.386 e. The number of anilines is 2. The Labute approximate surface area is 259 Å². The van der Waals surface area contributed by atoms with Crippen molar-refractivity contribution in [1.29, 1.82) is 0 Å². The van der Waals surface area contributed by atoms with Crippen LogP contribution in [0.3, 0.4) is 0 Å². The molecule has 0 aliphatic heterocycles. The van der Waals surface area contributed by atoms with Gasteiger partial charge in [0.2, 0.25) is 0 Å². The van der Waals surface area contributed by atoms with Gasteiger partial charge in [-0.2, -0.15) is 0 Å². The fourth-order valence-corrected chi connectivity index (χ4v) is 5.47. The quantitative estimate of drug-likeness (QED) is 0.183. The van der Waals surface area contributed by atoms with Gasteiger partial charge in [-0.05, 0) is 80.7 Å². The molecule has 0 unspecified atom stereocenters. The van der Waals surface area contributed by atoms with E-state index in [4.69, 9.17) is 0 Å². The predicted molar refractivity (Wildman–Crippen MR) is 181 cm³/mol. The molecule has 4 rings (SSSR count). The Bertz CT molecular complexity index is 1630. The van der Waals surface area contributed by atoms with E-state index in [0.29, 0.717) is 34.1 Å². The molecule has 1 aliphatic carbocycles. The molecule has 1 aliphatic rings. The van der Waals surface area contributed by atoms with Crippen molar-refractivity contribution in [2.45, 2.75) is 46.0 Å². The highest BCUT2D eigenvalue weighted by Gasteiger charge is 2.22. The first-order valence-corrected chi connectivity index (χ1v) is 14.9. The largest absolute Gasteiger partial charge is 0.386 e. The maximum Gasteiger partial charge on any atom is 0.159 e. The summed E-state index contributed by atoms with van der Waals surface area (Å²) in [6, 6.07) is 7.97. The summed E-state index contributed by atoms with van der Waals surface area (Å²) in [4.78, 5) is 8.95. The van der Waals surface area contributed by atoms with Crippen LogP contribution < -0.4 is 16.0 Å². The average Bonchev–Trinajstić information content (AvgIpc) is 3.04. The van der Waals surface area contributed by atoms with Gasteiger partial charge in [0.1, 0.15) is 11.5 Å². The molecule has 1 fully saturated rings. The van der Waals surface area contributed by atoms with E-state index in [1.54, 1.807) is 37.7 Å². The lowest BCUT2D eigenvalue weighted by Gasteiger charge is -2.25. The summed E-state index contributed by atoms with van der Waals surface area (Å²) in [6.07, 6.45) is 14.5. The monoisotopic (exact) mass is 593 g/mol. The minimum absolute atomic E-state index is 0.179. The molecule has 0 saturated heterocycles. The van der Waals surface area contributed by atoms with Gasteiger partial charge in [-0.1, -0.05) is 51.7 Å². The van der Waals surface area contributed by atoms with E-state index in [1.807, 2.05) is 32.1 Å². The van der Waals surface area contributed by atoms with Crippen LogP contribution in [-0.4, -0.2) is 17.0 Å². The molecule has 228 valence electrons. The number of nitrogens with zero attached hydrogens (tertiary/aromatic N) is 2. The Balaban J connectivity index is 1.61. The molecule has 0 amide bonds. The van der Waals surface area contributed by atoms with Crippen LogP contribution in [0.25, 0.3) is 22.4 Å². The fourth-order valence-electron chi connectivity index (χ4n) is 5.47. The molecule has 0 radical (unpaired) electrons. The summed E-state index contributed by atoms with van der Waals surface area (Å²) in [5.74, 6) is -0.430. The van der Waals surface area contributed by atoms with Gasteiger partial charge < -0.3 is 16.0 Å². The van der Waals surface area contributed by atoms with Crippen LogP contribution in [0, 0.1) is 24.5 Å². The van der Waals surface area contributed by atoms with Crippen LogP contribution in [0.5, 0.6) is 0 Å². The van der Waals surface area contributed by atoms with E-state index in [9.17, 15) is 4.39 Å². The summed E-state index contributed by atoms with van der Waals surface area (Å²) < 4.78 is 29.9. The van der Waals surface area contributed by atoms with E-state index in [2.05, 4.69) is 52.2 Å². The number of halogens is 2. The van der Waals surface area contributed by atoms with Gasteiger partial charge in [0.15, 0.2) is 5.82 Å². The summed E-state index contributed by atoms with van der Waals surface area (Å²) in [7, 11) is 1.71. The first-order valence-electron chi connectivity index (χ1n) is 14.9. The molecule has 7 heteroatoms. The number of allylic oxidation sites excluding steroid dienone is 6. The molecule has 0 atom stereocenters. The molecular formula is C37H41F2N5. The van der Waals surface area contributed by atoms with Crippen molar-refractivity contribution in [2.24, 2.45) is 5.92 Å². The zero-order chi connectivity index (χ0) is 31.8. The molecule has 0 spiro atoms. The molecule has 44 heavy (non-hydrogen) atoms. The van der Waals surface area contributed by atoms with Gasteiger partial charge in [0.05, 0.1) is 17.6 Å². The number of benzene rings is 1. The predicted octanol–water partition coefficient (Wildman–Crippen LogP) is 9.57. The van der Waals surface area contributed by atoms with Crippen LogP contribution in [0.1, 0.15) is 55.8 Å². The smallest absolute Gasteiger partial charge is 0.159 e. The second-order valence-electron chi connectivity index (χ2n) is 10.9. The first kappa shape index (κ1) is 32.1. The standard InChI is InChI=1S/C37H41F2N5/c1-8-27(21-31(9-2)43-26(6)28-13-11-10-12-14-28)37-35(39)34(33(40-7)22-42-37)23(3)25(5)44-32-19-20-41-36(24(32)4)29-15-17-30(38)18-16-29/h8-9,15-22,28,40,43H,2-3,5-6,10-14H2,1,4,7H3,(H,41,44)/b27-8+,31-21+. The minimum atomic E-state index is -0.526. The fraction of sp³-hybridized carbons (Fsp3) is 0.243. The van der Waals surface area contributed by atoms with Crippen molar-refractivity contribution in [3.8, 4) is 11.3 Å². The van der Waals surface area contributed by atoms with Crippen LogP contribution in [0.2, 0.25) is 0 Å². The molecule has 0 bridgehead atoms. The molecule has 5 nitrogen and oxygen atoms in total. The highest BCUT2D eigenvalue weighted by molar-refractivity contribution is 5.89. The molecule has 2 aromatic heterocycles. The van der Waals surface area contributed by atoms with Gasteiger partial charge in [-0.25, -0.2) is 8.78 Å². The second-order valence-corrected chi connectivity index (χ2v) is 10.9. The number of hydrogen-bond acceptors (Lipinski definition) is 5. The summed E-state index contributed by atoms with van der Waals surface area (Å²) in [5, 5.41) is 9.72. The Kier molecular flexibility index (Phi) is 10.7. The van der Waals surface area contributed by atoms with Gasteiger partial charge in [-0.15, -0.1) is 0 Å². The van der Waals surface area contributed by atoms with E-state index < -0.39 is 5.82 Å². The van der Waals surface area contributed by atoms with Crippen LogP contribution in [-0.2, 0) is 0 Å². The lowest BCUT2D eigenvalue weighted by Crippen LogP contribution is -2.20. The number of hydrogen-bond donors (Lipinski definition) is 3. The second kappa shape index (κ2) is 14.6. The summed E-state index contributed by atoms with van der Waals surface area (Å²) >= 11 is 0. The normalized spacial score (nSPS) is 14.1. The maximum absolute atomic E-state index is 16.4. The van der Waals surface area contributed by atoms with Crippen LogP contribution >= 0.6 is 0 Å². The highest BCUT2D eigenvalue weighted by atomic mass is 19.1. The lowest BCUT2D eigenvalue weighted by molar-refractivity contribution is 0.393. The molecule has 3 N–H and O–H groups in total. The van der Waals surface area contributed by atoms with E-state index in [-0.39, 0.29) is 17.1 Å². The zero-order valence-corrected chi connectivity index (χ0v) is 25.9. The first-order chi connectivity index (χ1) is 21.2. The Morgan fingerprint density at radius 2 is 1.68 bits per heavy atom. The Morgan fingerprint density at radius 3 is 2.32 bits per heavy atom. The number of nitrogens with one attached hydrogen (secondary N) is 3. The van der Waals surface area contributed by atoms with Crippen molar-refractivity contribution < 1.29 is 8.78 Å². The van der Waals surface area contributed by atoms with E-state index >= 15 is 4.39 Å². The van der Waals surface area contributed by atoms with Crippen LogP contribution in [0.4, 0.5) is 20.2 Å². The highest BCUT2D eigenvalue weighted by Crippen LogP contribution is 2.35. The van der Waals surface area contributed by atoms with Crippen molar-refractivity contribution in [3.63, 3.8) is 0 Å². The Hall–Kier alpha value is -4.78. The third-order valence-corrected chi connectivity index (χ3v) is 8.08. The number of pyridine rings is 2. The topological polar surface area (TPSA) is 61.9 Å². The van der Waals surface area contributed by atoms with Crippen LogP contribution in [0.15, 0.2) is 104 Å². The van der Waals surface area contributed by atoms with Crippen molar-refractivity contribution in [1.82, 2.24) is 15.3 Å². The van der Waals surface area contributed by atoms with E-state index in [0.717, 1.165) is 41.1 Å². The SMILES string of the molecule is C=C/C(=C\C(=C/C)c1ncc(NC)c(C(=C)C(=C)Nc2ccnc(-c3ccc(F)cc3)c2C)c1F)NC(=C)C1CCCCC1. The van der Waals surface area contributed by atoms with Crippen molar-refractivity contribution in [3.05, 3.63) is 133 Å². The van der Waals surface area contributed by atoms with Crippen molar-refractivity contribution in [2.75, 3.05) is 17.7 Å². The zero-order valence-electron chi connectivity index (χ0n) is 25.9. The van der Waals surface area contributed by atoms with Crippen molar-refractivity contribution >= 4 is 22.5 Å². The van der Waals surface area contributed by atoms with E-state index in [1.165, 1.54) is 31.4 Å². The molecule has 1 aromatic carbocycles. The van der Waals surface area contributed by atoms with Gasteiger partial charge in [0, 0.05) is 58.3 Å². The number of rotatable bonds is 12. The molecule has 1 saturated carbocycles. The van der Waals surface area contributed by atoms with Gasteiger partial charge in [-0.3, -0.25) is 9.97 Å². The Morgan fingerprint density at radius 1 is 0.977 bits per heavy atom. The van der Waals surface area contributed by atoms with Gasteiger partial charge >= 0.3 is 0 Å². The molecular weight excluding hydrogens is 552 g/mol. The summed E-state index contributed by atoms with van der Waals surface area (Å²) in [5.41, 5.74) is 6.99. The third-order valence-electron chi connectivity index (χ3n) is 8.08.